The van der Waals surface area contributed by atoms with Gasteiger partial charge in [-0.05, 0) is 26.0 Å². The van der Waals surface area contributed by atoms with E-state index in [-0.39, 0.29) is 6.04 Å². The summed E-state index contributed by atoms with van der Waals surface area (Å²) in [5.41, 5.74) is 3.33. The first-order valence-corrected chi connectivity index (χ1v) is 7.61. The van der Waals surface area contributed by atoms with Crippen LogP contribution in [0.3, 0.4) is 0 Å². The maximum absolute atomic E-state index is 4.63. The Hall–Kier alpha value is -3.29. The van der Waals surface area contributed by atoms with Crippen molar-refractivity contribution >= 4 is 22.8 Å². The van der Waals surface area contributed by atoms with Crippen LogP contribution >= 0.6 is 0 Å². The quantitative estimate of drug-likeness (QED) is 0.600. The lowest BCUT2D eigenvalue weighted by atomic mass is 10.2. The van der Waals surface area contributed by atoms with Crippen LogP contribution in [0.5, 0.6) is 0 Å². The van der Waals surface area contributed by atoms with Gasteiger partial charge in [0.1, 0.15) is 5.52 Å². The van der Waals surface area contributed by atoms with Gasteiger partial charge >= 0.3 is 0 Å². The van der Waals surface area contributed by atoms with Gasteiger partial charge < -0.3 is 5.32 Å². The molecular weight excluding hydrogens is 304 g/mol. The molecule has 4 aromatic rings. The molecule has 0 saturated heterocycles. The maximum Gasteiger partial charge on any atom is 0.179 e. The summed E-state index contributed by atoms with van der Waals surface area (Å²) >= 11 is 0. The van der Waals surface area contributed by atoms with E-state index in [4.69, 9.17) is 0 Å². The molecule has 8 nitrogen and oxygen atoms in total. The van der Waals surface area contributed by atoms with Crippen molar-refractivity contribution in [3.05, 3.63) is 54.2 Å². The second kappa shape index (κ2) is 5.73. The first kappa shape index (κ1) is 14.3. The van der Waals surface area contributed by atoms with Gasteiger partial charge in [-0.3, -0.25) is 10.1 Å². The minimum atomic E-state index is -0.0409. The third kappa shape index (κ3) is 2.58. The van der Waals surface area contributed by atoms with Gasteiger partial charge in [-0.25, -0.2) is 14.6 Å². The van der Waals surface area contributed by atoms with Crippen LogP contribution in [0.1, 0.15) is 24.4 Å². The number of pyridine rings is 1. The highest BCUT2D eigenvalue weighted by Gasteiger charge is 2.15. The Kier molecular flexibility index (Phi) is 3.42. The van der Waals surface area contributed by atoms with Crippen LogP contribution in [-0.4, -0.2) is 34.9 Å². The molecular formula is C16H16N8. The van der Waals surface area contributed by atoms with E-state index < -0.39 is 0 Å². The topological polar surface area (TPSA) is 97.2 Å². The Morgan fingerprint density at radius 3 is 2.83 bits per heavy atom. The summed E-state index contributed by atoms with van der Waals surface area (Å²) in [5, 5.41) is 14.6. The number of fused-ring (bicyclic) bond motifs is 1. The van der Waals surface area contributed by atoms with Crippen molar-refractivity contribution in [3.8, 4) is 0 Å². The first-order chi connectivity index (χ1) is 11.7. The molecule has 0 amide bonds. The Labute approximate surface area is 138 Å². The largest absolute Gasteiger partial charge is 0.322 e. The van der Waals surface area contributed by atoms with Crippen LogP contribution in [0.4, 0.5) is 11.6 Å². The maximum atomic E-state index is 4.63. The summed E-state index contributed by atoms with van der Waals surface area (Å²) in [6.07, 6.45) is 5.16. The fraction of sp³-hybridized carbons (Fsp3) is 0.188. The lowest BCUT2D eigenvalue weighted by Gasteiger charge is -2.12. The minimum absolute atomic E-state index is 0.0409. The number of nitrogens with one attached hydrogen (secondary N) is 2. The molecule has 0 bridgehead atoms. The highest BCUT2D eigenvalue weighted by Crippen LogP contribution is 2.21. The van der Waals surface area contributed by atoms with Crippen LogP contribution in [0.25, 0.3) is 11.2 Å². The number of nitrogens with zero attached hydrogens (tertiary/aromatic N) is 6. The van der Waals surface area contributed by atoms with Gasteiger partial charge in [0, 0.05) is 18.0 Å². The van der Waals surface area contributed by atoms with E-state index in [1.54, 1.807) is 18.6 Å². The van der Waals surface area contributed by atoms with Crippen LogP contribution in [0, 0.1) is 6.92 Å². The predicted octanol–water partition coefficient (Wildman–Crippen LogP) is 2.61. The van der Waals surface area contributed by atoms with Gasteiger partial charge in [-0.2, -0.15) is 10.2 Å². The van der Waals surface area contributed by atoms with E-state index in [2.05, 4.69) is 35.6 Å². The highest BCUT2D eigenvalue weighted by molar-refractivity contribution is 5.72. The summed E-state index contributed by atoms with van der Waals surface area (Å²) in [4.78, 5) is 13.4. The Morgan fingerprint density at radius 2 is 2.08 bits per heavy atom. The fourth-order valence-corrected chi connectivity index (χ4v) is 2.53. The van der Waals surface area contributed by atoms with Gasteiger partial charge in [-0.1, -0.05) is 6.07 Å². The monoisotopic (exact) mass is 320 g/mol. The van der Waals surface area contributed by atoms with Crippen LogP contribution in [0.15, 0.2) is 42.9 Å². The standard InChI is InChI=1S/C16H16N8/c1-10-7-14(23-22-10)20-15-9-18-13-8-19-24(16(13)21-15)11(2)12-5-3-4-6-17-12/h3-9,11H,1-2H3,(H2,20,21,22,23)/t11-/m0/s1. The molecule has 8 heteroatoms. The molecule has 1 atom stereocenters. The third-order valence-electron chi connectivity index (χ3n) is 3.75. The van der Waals surface area contributed by atoms with Crippen molar-refractivity contribution in [2.24, 2.45) is 0 Å². The molecule has 0 aliphatic heterocycles. The van der Waals surface area contributed by atoms with Gasteiger partial charge in [0.2, 0.25) is 0 Å². The van der Waals surface area contributed by atoms with E-state index in [0.717, 1.165) is 16.9 Å². The highest BCUT2D eigenvalue weighted by atomic mass is 15.3. The van der Waals surface area contributed by atoms with Crippen molar-refractivity contribution < 1.29 is 0 Å². The molecule has 0 aromatic carbocycles. The van der Waals surface area contributed by atoms with Crippen LogP contribution in [-0.2, 0) is 0 Å². The predicted molar refractivity (Wildman–Crippen MR) is 90.0 cm³/mol. The zero-order valence-corrected chi connectivity index (χ0v) is 13.3. The summed E-state index contributed by atoms with van der Waals surface area (Å²) < 4.78 is 1.83. The van der Waals surface area contributed by atoms with Gasteiger partial charge in [0.05, 0.1) is 24.1 Å². The molecule has 4 aromatic heterocycles. The second-order valence-electron chi connectivity index (χ2n) is 5.55. The molecule has 4 rings (SSSR count). The van der Waals surface area contributed by atoms with Crippen molar-refractivity contribution in [2.45, 2.75) is 19.9 Å². The SMILES string of the molecule is Cc1cc(Nc2cnc3cnn([C@@H](C)c4ccccn4)c3n2)n[nH]1. The second-order valence-corrected chi connectivity index (χ2v) is 5.55. The molecule has 0 unspecified atom stereocenters. The zero-order valence-electron chi connectivity index (χ0n) is 13.3. The number of aryl methyl sites for hydroxylation is 1. The number of H-pyrrole nitrogens is 1. The van der Waals surface area contributed by atoms with E-state index in [1.165, 1.54) is 0 Å². The summed E-state index contributed by atoms with van der Waals surface area (Å²) in [6, 6.07) is 7.69. The molecule has 0 aliphatic carbocycles. The van der Waals surface area contributed by atoms with Crippen molar-refractivity contribution in [3.63, 3.8) is 0 Å². The van der Waals surface area contributed by atoms with E-state index in [9.17, 15) is 0 Å². The lowest BCUT2D eigenvalue weighted by molar-refractivity contribution is 0.565. The van der Waals surface area contributed by atoms with Crippen molar-refractivity contribution in [1.29, 1.82) is 0 Å². The van der Waals surface area contributed by atoms with Gasteiger partial charge in [0.15, 0.2) is 17.3 Å². The van der Waals surface area contributed by atoms with E-state index in [1.807, 2.05) is 42.8 Å². The van der Waals surface area contributed by atoms with Crippen LogP contribution < -0.4 is 5.32 Å². The number of anilines is 2. The number of aromatic amines is 1. The number of hydrogen-bond acceptors (Lipinski definition) is 6. The summed E-state index contributed by atoms with van der Waals surface area (Å²) in [6.45, 7) is 3.98. The molecule has 24 heavy (non-hydrogen) atoms. The Morgan fingerprint density at radius 1 is 1.17 bits per heavy atom. The number of hydrogen-bond donors (Lipinski definition) is 2. The molecule has 2 N–H and O–H groups in total. The van der Waals surface area contributed by atoms with E-state index >= 15 is 0 Å². The van der Waals surface area contributed by atoms with Crippen LogP contribution in [0.2, 0.25) is 0 Å². The number of rotatable bonds is 4. The summed E-state index contributed by atoms with van der Waals surface area (Å²) in [5.74, 6) is 1.31. The molecule has 4 heterocycles. The zero-order chi connectivity index (χ0) is 16.5. The first-order valence-electron chi connectivity index (χ1n) is 7.61. The lowest BCUT2D eigenvalue weighted by Crippen LogP contribution is -2.11. The smallest absolute Gasteiger partial charge is 0.179 e. The average Bonchev–Trinajstić information content (AvgIpc) is 3.21. The normalized spacial score (nSPS) is 12.4. The molecule has 0 aliphatic rings. The fourth-order valence-electron chi connectivity index (χ4n) is 2.53. The summed E-state index contributed by atoms with van der Waals surface area (Å²) in [7, 11) is 0. The molecule has 0 fully saturated rings. The van der Waals surface area contributed by atoms with Gasteiger partial charge in [0.25, 0.3) is 0 Å². The molecule has 0 saturated carbocycles. The third-order valence-corrected chi connectivity index (χ3v) is 3.75. The van der Waals surface area contributed by atoms with Crippen molar-refractivity contribution in [1.82, 2.24) is 34.9 Å². The molecule has 0 spiro atoms. The minimum Gasteiger partial charge on any atom is -0.322 e. The van der Waals surface area contributed by atoms with Gasteiger partial charge in [-0.15, -0.1) is 0 Å². The number of aromatic nitrogens is 7. The average molecular weight is 320 g/mol. The Bertz CT molecular complexity index is 972. The van der Waals surface area contributed by atoms with E-state index in [0.29, 0.717) is 17.3 Å². The van der Waals surface area contributed by atoms with Crippen molar-refractivity contribution in [2.75, 3.05) is 5.32 Å². The molecule has 0 radical (unpaired) electrons. The Balaban J connectivity index is 1.71. The molecule has 120 valence electrons.